The molecule has 1 aromatic heterocycles. The van der Waals surface area contributed by atoms with Crippen molar-refractivity contribution in [3.05, 3.63) is 47.3 Å². The molecule has 4 saturated heterocycles. The van der Waals surface area contributed by atoms with Gasteiger partial charge in [0.2, 0.25) is 0 Å². The molecule has 4 fully saturated rings. The minimum atomic E-state index is -1.13. The Morgan fingerprint density at radius 3 is 2.71 bits per heavy atom. The third-order valence-corrected chi connectivity index (χ3v) is 10.3. The maximum Gasteiger partial charge on any atom is 0.415 e. The van der Waals surface area contributed by atoms with Crippen LogP contribution in [0.4, 0.5) is 4.79 Å². The highest BCUT2D eigenvalue weighted by atomic mass is 16.6. The lowest BCUT2D eigenvalue weighted by Gasteiger charge is -2.46. The number of piperidine rings is 3. The lowest BCUT2D eigenvalue weighted by atomic mass is 9.75. The molecule has 5 aliphatic heterocycles. The molecule has 0 spiro atoms. The molecule has 0 bridgehead atoms. The summed E-state index contributed by atoms with van der Waals surface area (Å²) in [6.07, 6.45) is 5.96. The van der Waals surface area contributed by atoms with Gasteiger partial charge in [0.05, 0.1) is 17.3 Å². The molecule has 3 unspecified atom stereocenters. The summed E-state index contributed by atoms with van der Waals surface area (Å²) < 4.78 is 11.2. The molecular formula is C32H40N4O5. The summed E-state index contributed by atoms with van der Waals surface area (Å²) in [4.78, 5) is 37.0. The summed E-state index contributed by atoms with van der Waals surface area (Å²) in [7, 11) is 0. The Labute approximate surface area is 241 Å². The number of aliphatic hydroxyl groups is 1. The molecule has 7 rings (SSSR count). The van der Waals surface area contributed by atoms with Crippen molar-refractivity contribution < 1.29 is 24.2 Å². The number of fused-ring (bicyclic) bond motifs is 5. The van der Waals surface area contributed by atoms with Gasteiger partial charge < -0.3 is 29.3 Å². The molecule has 0 aliphatic carbocycles. The third-order valence-electron chi connectivity index (χ3n) is 10.3. The summed E-state index contributed by atoms with van der Waals surface area (Å²) in [5, 5.41) is 11.6. The highest BCUT2D eigenvalue weighted by molar-refractivity contribution is 5.86. The van der Waals surface area contributed by atoms with Crippen LogP contribution in [-0.2, 0) is 22.5 Å². The van der Waals surface area contributed by atoms with Crippen molar-refractivity contribution in [3.8, 4) is 5.75 Å². The molecule has 9 nitrogen and oxygen atoms in total. The molecule has 0 radical (unpaired) electrons. The molecular weight excluding hydrogens is 520 g/mol. The molecule has 1 N–H and O–H groups in total. The van der Waals surface area contributed by atoms with E-state index in [0.717, 1.165) is 54.6 Å². The van der Waals surface area contributed by atoms with E-state index >= 15 is 0 Å². The van der Waals surface area contributed by atoms with Crippen molar-refractivity contribution >= 4 is 23.0 Å². The number of ether oxygens (including phenoxy) is 2. The molecule has 41 heavy (non-hydrogen) atoms. The molecule has 5 aliphatic rings. The van der Waals surface area contributed by atoms with Crippen LogP contribution in [0.15, 0.2) is 30.5 Å². The summed E-state index contributed by atoms with van der Waals surface area (Å²) >= 11 is 0. The van der Waals surface area contributed by atoms with Crippen LogP contribution >= 0.6 is 0 Å². The number of amides is 1. The van der Waals surface area contributed by atoms with Crippen molar-refractivity contribution in [2.24, 2.45) is 11.8 Å². The zero-order valence-corrected chi connectivity index (χ0v) is 23.9. The first-order valence-electron chi connectivity index (χ1n) is 15.4. The van der Waals surface area contributed by atoms with E-state index in [9.17, 15) is 14.7 Å². The van der Waals surface area contributed by atoms with Gasteiger partial charge >= 0.3 is 12.1 Å². The van der Waals surface area contributed by atoms with Crippen LogP contribution in [0.25, 0.3) is 10.9 Å². The Bertz CT molecular complexity index is 1380. The normalized spacial score (nSPS) is 28.7. The first-order valence-corrected chi connectivity index (χ1v) is 15.4. The van der Waals surface area contributed by atoms with E-state index in [0.29, 0.717) is 24.8 Å². The lowest BCUT2D eigenvalue weighted by Crippen LogP contribution is -2.50. The molecule has 218 valence electrons. The quantitative estimate of drug-likeness (QED) is 0.559. The predicted molar refractivity (Wildman–Crippen MR) is 153 cm³/mol. The van der Waals surface area contributed by atoms with Gasteiger partial charge in [-0.3, -0.25) is 4.98 Å². The van der Waals surface area contributed by atoms with Gasteiger partial charge in [-0.25, -0.2) is 9.59 Å². The van der Waals surface area contributed by atoms with Crippen LogP contribution in [-0.4, -0.2) is 81.8 Å². The minimum Gasteiger partial charge on any atom is -0.463 e. The number of benzene rings is 1. The number of pyridine rings is 1. The van der Waals surface area contributed by atoms with Crippen LogP contribution in [0.3, 0.4) is 0 Å². The second-order valence-electron chi connectivity index (χ2n) is 12.4. The van der Waals surface area contributed by atoms with Crippen LogP contribution in [0, 0.1) is 11.8 Å². The Morgan fingerprint density at radius 2 is 1.95 bits per heavy atom. The summed E-state index contributed by atoms with van der Waals surface area (Å²) in [5.74, 6) is -0.296. The van der Waals surface area contributed by atoms with E-state index < -0.39 is 12.1 Å². The van der Waals surface area contributed by atoms with Crippen LogP contribution in [0.2, 0.25) is 0 Å². The number of aliphatic hydroxyl groups excluding tert-OH is 1. The average molecular weight is 561 g/mol. The number of esters is 1. The van der Waals surface area contributed by atoms with Gasteiger partial charge in [-0.2, -0.15) is 0 Å². The maximum atomic E-state index is 13.1. The van der Waals surface area contributed by atoms with E-state index in [1.165, 1.54) is 43.5 Å². The smallest absolute Gasteiger partial charge is 0.415 e. The van der Waals surface area contributed by atoms with Crippen molar-refractivity contribution in [3.63, 3.8) is 0 Å². The number of hydrogen-bond acceptors (Lipinski definition) is 8. The van der Waals surface area contributed by atoms with E-state index in [1.807, 2.05) is 23.1 Å². The number of aromatic nitrogens is 1. The Kier molecular flexibility index (Phi) is 6.90. The number of hydrogen-bond donors (Lipinski definition) is 1. The van der Waals surface area contributed by atoms with Crippen molar-refractivity contribution in [1.29, 1.82) is 0 Å². The SMILES string of the molecule is C=C1C2COC(=O)[C@@H](O)C2CC2c3nc4ccc(OC(=O)N5CCC(N6CCCCC6)CC5)cc4c(CC)c3CN12. The Balaban J connectivity index is 1.10. The molecule has 2 aromatic rings. The summed E-state index contributed by atoms with van der Waals surface area (Å²) in [5.41, 5.74) is 5.14. The summed E-state index contributed by atoms with van der Waals surface area (Å²) in [6.45, 7) is 11.3. The fraction of sp³-hybridized carbons (Fsp3) is 0.594. The van der Waals surface area contributed by atoms with Crippen molar-refractivity contribution in [2.45, 2.75) is 76.6 Å². The number of aryl methyl sites for hydroxylation is 1. The summed E-state index contributed by atoms with van der Waals surface area (Å²) in [6, 6.07) is 6.29. The zero-order chi connectivity index (χ0) is 28.2. The topological polar surface area (TPSA) is 95.4 Å². The first kappa shape index (κ1) is 26.7. The fourth-order valence-electron chi connectivity index (χ4n) is 8.00. The highest BCUT2D eigenvalue weighted by Crippen LogP contribution is 2.51. The van der Waals surface area contributed by atoms with Crippen LogP contribution in [0.5, 0.6) is 5.75 Å². The van der Waals surface area contributed by atoms with Gasteiger partial charge in [0.15, 0.2) is 6.10 Å². The van der Waals surface area contributed by atoms with E-state index in [4.69, 9.17) is 14.5 Å². The second kappa shape index (κ2) is 10.6. The number of likely N-dealkylation sites (tertiary alicyclic amines) is 2. The van der Waals surface area contributed by atoms with Crippen LogP contribution in [0.1, 0.15) is 68.3 Å². The van der Waals surface area contributed by atoms with Gasteiger partial charge in [-0.15, -0.1) is 0 Å². The first-order chi connectivity index (χ1) is 19.9. The van der Waals surface area contributed by atoms with Crippen molar-refractivity contribution in [2.75, 3.05) is 32.8 Å². The predicted octanol–water partition coefficient (Wildman–Crippen LogP) is 4.17. The maximum absolute atomic E-state index is 13.1. The van der Waals surface area contributed by atoms with Gasteiger partial charge in [-0.05, 0) is 80.9 Å². The molecule has 1 aromatic carbocycles. The number of nitrogens with zero attached hydrogens (tertiary/aromatic N) is 4. The second-order valence-corrected chi connectivity index (χ2v) is 12.4. The van der Waals surface area contributed by atoms with Gasteiger partial charge in [-0.1, -0.05) is 19.9 Å². The fourth-order valence-corrected chi connectivity index (χ4v) is 8.00. The van der Waals surface area contributed by atoms with Gasteiger partial charge in [0.25, 0.3) is 0 Å². The molecule has 6 heterocycles. The van der Waals surface area contributed by atoms with Gasteiger partial charge in [0.1, 0.15) is 12.4 Å². The Morgan fingerprint density at radius 1 is 1.17 bits per heavy atom. The number of carbonyl (C=O) groups excluding carboxylic acids is 2. The van der Waals surface area contributed by atoms with Gasteiger partial charge in [0, 0.05) is 48.6 Å². The minimum absolute atomic E-state index is 0.0284. The number of cyclic esters (lactones) is 1. The zero-order valence-electron chi connectivity index (χ0n) is 23.9. The standard InChI is InChI=1S/C32H40N4O5/c1-3-22-23-15-21(41-32(39)35-13-9-20(10-14-35)34-11-5-4-6-12-34)7-8-27(23)33-29-25(22)17-36-19(2)26-18-40-31(38)30(37)24(26)16-28(29)36/h7-8,15,20,24,26,28,30,37H,2-6,9-14,16-18H2,1H3/t24?,26?,28?,30-/m0/s1. The van der Waals surface area contributed by atoms with Crippen LogP contribution < -0.4 is 4.74 Å². The largest absolute Gasteiger partial charge is 0.463 e. The van der Waals surface area contributed by atoms with E-state index in [2.05, 4.69) is 23.3 Å². The third kappa shape index (κ3) is 4.57. The monoisotopic (exact) mass is 560 g/mol. The lowest BCUT2D eigenvalue weighted by molar-refractivity contribution is -0.172. The van der Waals surface area contributed by atoms with E-state index in [1.54, 1.807) is 0 Å². The number of carbonyl (C=O) groups is 2. The molecule has 9 heteroatoms. The molecule has 1 amide bonds. The molecule has 0 saturated carbocycles. The van der Waals surface area contributed by atoms with Crippen molar-refractivity contribution in [1.82, 2.24) is 19.7 Å². The Hall–Kier alpha value is -3.17. The average Bonchev–Trinajstić information content (AvgIpc) is 3.37. The number of rotatable bonds is 3. The highest BCUT2D eigenvalue weighted by Gasteiger charge is 2.50. The van der Waals surface area contributed by atoms with E-state index in [-0.39, 0.29) is 30.6 Å². The molecule has 4 atom stereocenters.